The van der Waals surface area contributed by atoms with Crippen LogP contribution in [0.5, 0.6) is 0 Å². The second-order valence-electron chi connectivity index (χ2n) is 6.27. The van der Waals surface area contributed by atoms with E-state index in [1.54, 1.807) is 0 Å². The fourth-order valence-electron chi connectivity index (χ4n) is 3.50. The summed E-state index contributed by atoms with van der Waals surface area (Å²) in [5.74, 6) is 0. The van der Waals surface area contributed by atoms with Crippen molar-refractivity contribution in [2.45, 2.75) is 0 Å². The topological polar surface area (TPSA) is 63.5 Å². The molecule has 0 aromatic heterocycles. The van der Waals surface area contributed by atoms with Crippen LogP contribution < -0.4 is 26.1 Å². The summed E-state index contributed by atoms with van der Waals surface area (Å²) in [5, 5.41) is 5.55. The summed E-state index contributed by atoms with van der Waals surface area (Å²) in [7, 11) is -4.78. The SMILES string of the molecule is [O-]P(O)O.c1ccc([P+](c2ccccc2)(c2ccccc2)c2ccccc2)cc1. The standard InChI is InChI=1S/C24H20P.H2O3P/c1-5-13-21(14-6-1)25(22-15-7-2-8-16-22,23-17-9-3-10-18-23)24-19-11-4-12-20-24;1-4(2)3/h1-20H;1-2H/q+1;-1. The second-order valence-corrected chi connectivity index (χ2v) is 10.2. The first-order valence-corrected chi connectivity index (χ1v) is 12.1. The minimum Gasteiger partial charge on any atom is -0.786 e. The molecule has 0 saturated carbocycles. The summed E-state index contributed by atoms with van der Waals surface area (Å²) in [6.45, 7) is 0. The number of hydrogen-bond acceptors (Lipinski definition) is 3. The van der Waals surface area contributed by atoms with Gasteiger partial charge in [0.15, 0.2) is 0 Å². The van der Waals surface area contributed by atoms with Crippen LogP contribution in [0.15, 0.2) is 121 Å². The van der Waals surface area contributed by atoms with Crippen molar-refractivity contribution in [2.75, 3.05) is 0 Å². The molecule has 4 rings (SSSR count). The molecule has 0 saturated heterocycles. The van der Waals surface area contributed by atoms with Crippen LogP contribution in [0.25, 0.3) is 0 Å². The maximum atomic E-state index is 8.70. The van der Waals surface area contributed by atoms with E-state index in [9.17, 15) is 0 Å². The molecule has 4 aromatic carbocycles. The van der Waals surface area contributed by atoms with Crippen molar-refractivity contribution in [3.05, 3.63) is 121 Å². The van der Waals surface area contributed by atoms with Crippen LogP contribution in [0.4, 0.5) is 0 Å². The van der Waals surface area contributed by atoms with Crippen LogP contribution in [0.1, 0.15) is 0 Å². The summed E-state index contributed by atoms with van der Waals surface area (Å²) in [5.41, 5.74) is 0. The van der Waals surface area contributed by atoms with E-state index in [1.165, 1.54) is 21.2 Å². The molecular formula is C24H22O3P2. The first-order valence-electron chi connectivity index (χ1n) is 9.12. The Morgan fingerprint density at radius 2 is 0.621 bits per heavy atom. The molecule has 0 aliphatic carbocycles. The van der Waals surface area contributed by atoms with Gasteiger partial charge in [0.05, 0.1) is 8.60 Å². The van der Waals surface area contributed by atoms with Crippen molar-refractivity contribution in [1.82, 2.24) is 0 Å². The van der Waals surface area contributed by atoms with E-state index >= 15 is 0 Å². The van der Waals surface area contributed by atoms with Crippen molar-refractivity contribution in [3.8, 4) is 0 Å². The molecule has 0 bridgehead atoms. The second kappa shape index (κ2) is 10.4. The fraction of sp³-hybridized carbons (Fsp3) is 0. The van der Waals surface area contributed by atoms with Crippen LogP contribution in [0, 0.1) is 0 Å². The summed E-state index contributed by atoms with van der Waals surface area (Å²) in [6.07, 6.45) is 0. The van der Waals surface area contributed by atoms with E-state index in [0.29, 0.717) is 0 Å². The van der Waals surface area contributed by atoms with E-state index in [1.807, 2.05) is 0 Å². The van der Waals surface area contributed by atoms with E-state index in [0.717, 1.165) is 0 Å². The Balaban J connectivity index is 0.000000552. The summed E-state index contributed by atoms with van der Waals surface area (Å²) >= 11 is 0. The summed E-state index contributed by atoms with van der Waals surface area (Å²) < 4.78 is 0. The number of hydrogen-bond donors (Lipinski definition) is 2. The first-order chi connectivity index (χ1) is 14.2. The average Bonchev–Trinajstić information content (AvgIpc) is 2.77. The van der Waals surface area contributed by atoms with Crippen molar-refractivity contribution >= 4 is 37.1 Å². The minimum absolute atomic E-state index is 1.39. The molecule has 0 unspecified atom stereocenters. The van der Waals surface area contributed by atoms with Crippen molar-refractivity contribution < 1.29 is 14.7 Å². The van der Waals surface area contributed by atoms with Crippen molar-refractivity contribution in [2.24, 2.45) is 0 Å². The van der Waals surface area contributed by atoms with Crippen molar-refractivity contribution in [1.29, 1.82) is 0 Å². The molecule has 0 amide bonds. The van der Waals surface area contributed by atoms with E-state index in [4.69, 9.17) is 14.7 Å². The lowest BCUT2D eigenvalue weighted by Crippen LogP contribution is -2.38. The molecule has 3 nitrogen and oxygen atoms in total. The normalized spacial score (nSPS) is 10.9. The zero-order valence-corrected chi connectivity index (χ0v) is 17.5. The lowest BCUT2D eigenvalue weighted by molar-refractivity contribution is -0.193. The van der Waals surface area contributed by atoms with Gasteiger partial charge < -0.3 is 14.7 Å². The molecule has 2 N–H and O–H groups in total. The van der Waals surface area contributed by atoms with Gasteiger partial charge in [-0.25, -0.2) is 0 Å². The van der Waals surface area contributed by atoms with Crippen LogP contribution in [0.3, 0.4) is 0 Å². The van der Waals surface area contributed by atoms with Crippen LogP contribution in [-0.2, 0) is 0 Å². The molecule has 0 fully saturated rings. The molecule has 0 aliphatic rings. The molecule has 0 aliphatic heterocycles. The molecule has 0 heterocycles. The van der Waals surface area contributed by atoms with Gasteiger partial charge in [-0.1, -0.05) is 72.8 Å². The van der Waals surface area contributed by atoms with Gasteiger partial charge in [-0.2, -0.15) is 0 Å². The monoisotopic (exact) mass is 420 g/mol. The first kappa shape index (κ1) is 21.3. The highest BCUT2D eigenvalue weighted by molar-refractivity contribution is 8.01. The molecule has 29 heavy (non-hydrogen) atoms. The summed E-state index contributed by atoms with van der Waals surface area (Å²) in [6, 6.07) is 43.8. The van der Waals surface area contributed by atoms with Gasteiger partial charge in [0, 0.05) is 0 Å². The minimum atomic E-state index is -2.87. The van der Waals surface area contributed by atoms with Gasteiger partial charge in [-0.05, 0) is 48.5 Å². The Labute approximate surface area is 173 Å². The third kappa shape index (κ3) is 4.97. The zero-order valence-electron chi connectivity index (χ0n) is 15.7. The Hall–Kier alpha value is -2.38. The number of rotatable bonds is 4. The van der Waals surface area contributed by atoms with E-state index < -0.39 is 15.9 Å². The Morgan fingerprint density at radius 3 is 0.793 bits per heavy atom. The predicted molar refractivity (Wildman–Crippen MR) is 123 cm³/mol. The lowest BCUT2D eigenvalue weighted by atomic mass is 10.3. The Bertz CT molecular complexity index is 813. The van der Waals surface area contributed by atoms with Gasteiger partial charge >= 0.3 is 0 Å². The highest BCUT2D eigenvalue weighted by atomic mass is 31.2. The predicted octanol–water partition coefficient (Wildman–Crippen LogP) is 2.86. The average molecular weight is 420 g/mol. The Morgan fingerprint density at radius 1 is 0.448 bits per heavy atom. The van der Waals surface area contributed by atoms with Crippen LogP contribution in [0.2, 0.25) is 0 Å². The largest absolute Gasteiger partial charge is 0.786 e. The highest BCUT2D eigenvalue weighted by Gasteiger charge is 2.47. The van der Waals surface area contributed by atoms with Crippen LogP contribution in [-0.4, -0.2) is 9.79 Å². The maximum Gasteiger partial charge on any atom is 0.144 e. The van der Waals surface area contributed by atoms with Crippen LogP contribution >= 0.6 is 15.9 Å². The zero-order chi connectivity index (χ0) is 20.5. The molecule has 0 atom stereocenters. The molecular weight excluding hydrogens is 398 g/mol. The summed E-state index contributed by atoms with van der Waals surface area (Å²) in [4.78, 5) is 22.9. The smallest absolute Gasteiger partial charge is 0.144 e. The maximum absolute atomic E-state index is 8.70. The lowest BCUT2D eigenvalue weighted by Gasteiger charge is -2.27. The fourth-order valence-corrected chi connectivity index (χ4v) is 7.77. The molecule has 0 radical (unpaired) electrons. The van der Waals surface area contributed by atoms with E-state index in [-0.39, 0.29) is 0 Å². The quantitative estimate of drug-likeness (QED) is 0.499. The van der Waals surface area contributed by atoms with Crippen molar-refractivity contribution in [3.63, 3.8) is 0 Å². The molecule has 4 aromatic rings. The van der Waals surface area contributed by atoms with Gasteiger partial charge in [0.1, 0.15) is 28.5 Å². The van der Waals surface area contributed by atoms with Gasteiger partial charge in [-0.15, -0.1) is 0 Å². The molecule has 146 valence electrons. The van der Waals surface area contributed by atoms with E-state index in [2.05, 4.69) is 121 Å². The van der Waals surface area contributed by atoms with Gasteiger partial charge in [-0.3, -0.25) is 0 Å². The van der Waals surface area contributed by atoms with Gasteiger partial charge in [0.25, 0.3) is 0 Å². The van der Waals surface area contributed by atoms with Gasteiger partial charge in [0.2, 0.25) is 0 Å². The third-order valence-electron chi connectivity index (χ3n) is 4.57. The Kier molecular flexibility index (Phi) is 7.66. The highest BCUT2D eigenvalue weighted by Crippen LogP contribution is 2.53. The number of benzene rings is 4. The molecule has 0 spiro atoms. The third-order valence-corrected chi connectivity index (χ3v) is 8.86. The molecule has 5 heteroatoms.